The quantitative estimate of drug-likeness (QED) is 0.588. The average Bonchev–Trinajstić information content (AvgIpc) is 2.99. The molecule has 2 aliphatic heterocycles. The molecule has 3 aliphatic rings. The van der Waals surface area contributed by atoms with E-state index >= 15 is 0 Å². The summed E-state index contributed by atoms with van der Waals surface area (Å²) in [6.07, 6.45) is 10.5. The summed E-state index contributed by atoms with van der Waals surface area (Å²) in [7, 11) is 0. The number of aliphatic imine (C=N–C) groups is 1. The van der Waals surface area contributed by atoms with Crippen LogP contribution in [0, 0.1) is 5.92 Å². The van der Waals surface area contributed by atoms with Gasteiger partial charge in [0.15, 0.2) is 0 Å². The van der Waals surface area contributed by atoms with E-state index in [-0.39, 0.29) is 0 Å². The number of piperidine rings is 1. The molecule has 2 atom stereocenters. The van der Waals surface area contributed by atoms with E-state index in [1.807, 2.05) is 0 Å². The number of nitrogens with two attached hydrogens (primary N) is 1. The van der Waals surface area contributed by atoms with Gasteiger partial charge in [-0.15, -0.1) is 0 Å². The number of hydrogen-bond donors (Lipinski definition) is 1. The molecule has 3 fully saturated rings. The molecule has 2 saturated heterocycles. The highest BCUT2D eigenvalue weighted by atomic mass is 15.2. The topological polar surface area (TPSA) is 41.6 Å². The molecule has 3 nitrogen and oxygen atoms in total. The van der Waals surface area contributed by atoms with Crippen molar-refractivity contribution >= 4 is 5.84 Å². The van der Waals surface area contributed by atoms with Crippen molar-refractivity contribution in [3.63, 3.8) is 0 Å². The molecule has 2 unspecified atom stereocenters. The molecule has 1 aliphatic carbocycles. The van der Waals surface area contributed by atoms with Crippen LogP contribution in [0.4, 0.5) is 0 Å². The molecule has 0 radical (unpaired) electrons. The van der Waals surface area contributed by atoms with Crippen molar-refractivity contribution in [2.75, 3.05) is 13.1 Å². The van der Waals surface area contributed by atoms with E-state index in [2.05, 4.69) is 4.90 Å². The van der Waals surface area contributed by atoms with Crippen LogP contribution < -0.4 is 5.73 Å². The van der Waals surface area contributed by atoms with Gasteiger partial charge < -0.3 is 10.6 Å². The zero-order valence-corrected chi connectivity index (χ0v) is 10.8. The lowest BCUT2D eigenvalue weighted by molar-refractivity contribution is 0.182. The number of rotatable bonds is 2. The second-order valence-corrected chi connectivity index (χ2v) is 6.05. The summed E-state index contributed by atoms with van der Waals surface area (Å²) < 4.78 is 0. The highest BCUT2D eigenvalue weighted by Gasteiger charge is 2.32. The Kier molecular flexibility index (Phi) is 3.37. The van der Waals surface area contributed by atoms with Crippen molar-refractivity contribution in [2.45, 2.75) is 63.5 Å². The molecular weight excluding hydrogens is 210 g/mol. The minimum Gasteiger partial charge on any atom is -0.387 e. The van der Waals surface area contributed by atoms with Crippen LogP contribution in [-0.4, -0.2) is 35.9 Å². The molecule has 0 aromatic carbocycles. The summed E-state index contributed by atoms with van der Waals surface area (Å²) in [5.41, 5.74) is 6.18. The molecule has 2 heterocycles. The molecule has 3 heteroatoms. The fourth-order valence-electron chi connectivity index (χ4n) is 3.86. The van der Waals surface area contributed by atoms with Crippen LogP contribution in [0.3, 0.4) is 0 Å². The summed E-state index contributed by atoms with van der Waals surface area (Å²) in [4.78, 5) is 7.50. The van der Waals surface area contributed by atoms with E-state index in [0.29, 0.717) is 12.0 Å². The highest BCUT2D eigenvalue weighted by Crippen LogP contribution is 2.30. The van der Waals surface area contributed by atoms with Gasteiger partial charge >= 0.3 is 0 Å². The number of hydrogen-bond acceptors (Lipinski definition) is 2. The Balaban J connectivity index is 1.59. The molecule has 0 aromatic heterocycles. The third kappa shape index (κ3) is 2.49. The maximum Gasteiger partial charge on any atom is 0.0971 e. The van der Waals surface area contributed by atoms with Crippen LogP contribution in [-0.2, 0) is 0 Å². The zero-order chi connectivity index (χ0) is 11.7. The van der Waals surface area contributed by atoms with Gasteiger partial charge in [0.25, 0.3) is 0 Å². The molecular formula is C14H25N3. The fourth-order valence-corrected chi connectivity index (χ4v) is 3.86. The third-order valence-corrected chi connectivity index (χ3v) is 4.90. The Morgan fingerprint density at radius 1 is 1.00 bits per heavy atom. The van der Waals surface area contributed by atoms with E-state index in [0.717, 1.165) is 11.9 Å². The minimum absolute atomic E-state index is 0.523. The molecule has 2 N–H and O–H groups in total. The van der Waals surface area contributed by atoms with Crippen LogP contribution in [0.25, 0.3) is 0 Å². The van der Waals surface area contributed by atoms with Gasteiger partial charge in [0.1, 0.15) is 0 Å². The van der Waals surface area contributed by atoms with E-state index in [1.54, 1.807) is 0 Å². The largest absolute Gasteiger partial charge is 0.387 e. The normalized spacial score (nSPS) is 36.4. The van der Waals surface area contributed by atoms with E-state index < -0.39 is 0 Å². The lowest BCUT2D eigenvalue weighted by atomic mass is 9.97. The van der Waals surface area contributed by atoms with Crippen molar-refractivity contribution in [2.24, 2.45) is 16.6 Å². The van der Waals surface area contributed by atoms with E-state index in [1.165, 1.54) is 64.5 Å². The predicted octanol–water partition coefficient (Wildman–Crippen LogP) is 2.16. The van der Waals surface area contributed by atoms with Crippen molar-refractivity contribution in [1.29, 1.82) is 0 Å². The summed E-state index contributed by atoms with van der Waals surface area (Å²) in [6, 6.07) is 1.34. The summed E-state index contributed by atoms with van der Waals surface area (Å²) >= 11 is 0. The number of nitrogens with zero attached hydrogens (tertiary/aromatic N) is 2. The molecule has 0 aromatic rings. The van der Waals surface area contributed by atoms with Crippen LogP contribution in [0.15, 0.2) is 4.99 Å². The van der Waals surface area contributed by atoms with Gasteiger partial charge in [-0.2, -0.15) is 0 Å². The predicted molar refractivity (Wildman–Crippen MR) is 71.2 cm³/mol. The van der Waals surface area contributed by atoms with Crippen molar-refractivity contribution in [3.05, 3.63) is 0 Å². The van der Waals surface area contributed by atoms with Gasteiger partial charge in [0.2, 0.25) is 0 Å². The Hall–Kier alpha value is -0.570. The van der Waals surface area contributed by atoms with Gasteiger partial charge in [-0.25, -0.2) is 0 Å². The number of amidine groups is 1. The van der Waals surface area contributed by atoms with E-state index in [9.17, 15) is 0 Å². The van der Waals surface area contributed by atoms with Crippen molar-refractivity contribution in [1.82, 2.24) is 4.90 Å². The highest BCUT2D eigenvalue weighted by molar-refractivity contribution is 5.83. The molecule has 96 valence electrons. The van der Waals surface area contributed by atoms with Crippen LogP contribution in [0.2, 0.25) is 0 Å². The average molecular weight is 235 g/mol. The molecule has 0 amide bonds. The maximum atomic E-state index is 6.18. The molecule has 17 heavy (non-hydrogen) atoms. The minimum atomic E-state index is 0.523. The summed E-state index contributed by atoms with van der Waals surface area (Å²) in [5, 5.41) is 0. The smallest absolute Gasteiger partial charge is 0.0971 e. The van der Waals surface area contributed by atoms with Gasteiger partial charge in [-0.05, 0) is 45.1 Å². The second kappa shape index (κ2) is 4.97. The Morgan fingerprint density at radius 3 is 2.65 bits per heavy atom. The monoisotopic (exact) mass is 235 g/mol. The molecule has 1 saturated carbocycles. The van der Waals surface area contributed by atoms with Crippen LogP contribution in [0.1, 0.15) is 51.4 Å². The van der Waals surface area contributed by atoms with Crippen LogP contribution in [0.5, 0.6) is 0 Å². The zero-order valence-electron chi connectivity index (χ0n) is 10.8. The number of fused-ring (bicyclic) bond motifs is 1. The summed E-state index contributed by atoms with van der Waals surface area (Å²) in [5.74, 6) is 1.58. The molecule has 0 bridgehead atoms. The Morgan fingerprint density at radius 2 is 1.82 bits per heavy atom. The Bertz CT molecular complexity index is 294. The first-order chi connectivity index (χ1) is 8.33. The first-order valence-electron chi connectivity index (χ1n) is 7.40. The van der Waals surface area contributed by atoms with Gasteiger partial charge in [0, 0.05) is 18.5 Å². The first kappa shape index (κ1) is 11.5. The van der Waals surface area contributed by atoms with E-state index in [4.69, 9.17) is 10.7 Å². The summed E-state index contributed by atoms with van der Waals surface area (Å²) in [6.45, 7) is 2.57. The second-order valence-electron chi connectivity index (χ2n) is 6.05. The molecule has 0 spiro atoms. The molecule has 3 rings (SSSR count). The van der Waals surface area contributed by atoms with Crippen molar-refractivity contribution in [3.8, 4) is 0 Å². The lowest BCUT2D eigenvalue weighted by Crippen LogP contribution is -2.40. The standard InChI is InChI=1S/C14H25N3/c15-14(11-4-1-2-5-11)16-12-7-9-17-8-3-6-13(17)10-12/h11-13H,1-10H2,(H2,15,16). The fraction of sp³-hybridized carbons (Fsp3) is 0.929. The van der Waals surface area contributed by atoms with Crippen molar-refractivity contribution < 1.29 is 0 Å². The van der Waals surface area contributed by atoms with Gasteiger partial charge in [-0.3, -0.25) is 4.99 Å². The van der Waals surface area contributed by atoms with Gasteiger partial charge in [0.05, 0.1) is 11.9 Å². The van der Waals surface area contributed by atoms with Gasteiger partial charge in [-0.1, -0.05) is 12.8 Å². The maximum absolute atomic E-state index is 6.18. The first-order valence-corrected chi connectivity index (χ1v) is 7.40. The Labute approximate surface area is 104 Å². The third-order valence-electron chi connectivity index (χ3n) is 4.90. The lowest BCUT2D eigenvalue weighted by Gasteiger charge is -2.33. The SMILES string of the molecule is NC(=NC1CCN2CCCC2C1)C1CCCC1. The van der Waals surface area contributed by atoms with Crippen LogP contribution >= 0.6 is 0 Å².